The molecule has 0 amide bonds. The first-order valence-corrected chi connectivity index (χ1v) is 10.0. The Labute approximate surface area is 172 Å². The van der Waals surface area contributed by atoms with Crippen LogP contribution in [0.2, 0.25) is 5.02 Å². The zero-order valence-corrected chi connectivity index (χ0v) is 17.9. The van der Waals surface area contributed by atoms with Crippen LogP contribution < -0.4 is 15.2 Å². The quantitative estimate of drug-likeness (QED) is 0.519. The van der Waals surface area contributed by atoms with Crippen molar-refractivity contribution in [2.24, 2.45) is 0 Å². The van der Waals surface area contributed by atoms with Crippen molar-refractivity contribution in [1.82, 2.24) is 9.78 Å². The first-order valence-electron chi connectivity index (χ1n) is 9.63. The molecule has 0 N–H and O–H groups in total. The van der Waals surface area contributed by atoms with Crippen LogP contribution in [0.15, 0.2) is 35.3 Å². The van der Waals surface area contributed by atoms with E-state index in [1.165, 1.54) is 4.68 Å². The predicted octanol–water partition coefficient (Wildman–Crippen LogP) is 4.31. The van der Waals surface area contributed by atoms with Crippen LogP contribution in [0, 0.1) is 0 Å². The molecule has 0 aliphatic rings. The van der Waals surface area contributed by atoms with E-state index < -0.39 is 0 Å². The Balaban J connectivity index is 1.98. The van der Waals surface area contributed by atoms with Gasteiger partial charge in [0.25, 0.3) is 5.56 Å². The smallest absolute Gasteiger partial charge is 0.287 e. The molecule has 0 bridgehead atoms. The molecule has 28 heavy (non-hydrogen) atoms. The minimum absolute atomic E-state index is 0.0346. The maximum absolute atomic E-state index is 12.4. The van der Waals surface area contributed by atoms with Gasteiger partial charge >= 0.3 is 0 Å². The number of hydrogen-bond acceptors (Lipinski definition) is 5. The number of aromatic nitrogens is 2. The molecule has 2 rings (SSSR count). The summed E-state index contributed by atoms with van der Waals surface area (Å²) in [5, 5.41) is 4.42. The van der Waals surface area contributed by atoms with Crippen LogP contribution in [0.3, 0.4) is 0 Å². The maximum Gasteiger partial charge on any atom is 0.287 e. The fourth-order valence-electron chi connectivity index (χ4n) is 2.88. The van der Waals surface area contributed by atoms with Crippen LogP contribution >= 0.6 is 11.6 Å². The minimum Gasteiger partial charge on any atom is -0.494 e. The molecule has 1 aromatic carbocycles. The third-order valence-electron chi connectivity index (χ3n) is 4.41. The molecule has 0 fully saturated rings. The van der Waals surface area contributed by atoms with Gasteiger partial charge in [0.05, 0.1) is 24.5 Å². The van der Waals surface area contributed by atoms with Gasteiger partial charge in [0.1, 0.15) is 10.8 Å². The highest BCUT2D eigenvalue weighted by atomic mass is 35.5. The van der Waals surface area contributed by atoms with Gasteiger partial charge in [-0.05, 0) is 50.8 Å². The van der Waals surface area contributed by atoms with Crippen molar-refractivity contribution in [3.05, 3.63) is 51.4 Å². The summed E-state index contributed by atoms with van der Waals surface area (Å²) in [7, 11) is 3.61. The van der Waals surface area contributed by atoms with E-state index in [9.17, 15) is 4.79 Å². The van der Waals surface area contributed by atoms with Gasteiger partial charge in [0.2, 0.25) is 0 Å². The van der Waals surface area contributed by atoms with Gasteiger partial charge in [-0.25, -0.2) is 4.68 Å². The van der Waals surface area contributed by atoms with Crippen LogP contribution in [0.25, 0.3) is 0 Å². The van der Waals surface area contributed by atoms with E-state index in [0.29, 0.717) is 18.8 Å². The summed E-state index contributed by atoms with van der Waals surface area (Å²) in [5.74, 6) is 0.845. The van der Waals surface area contributed by atoms with Gasteiger partial charge in [0, 0.05) is 27.3 Å². The lowest BCUT2D eigenvalue weighted by molar-refractivity contribution is 0.189. The Morgan fingerprint density at radius 2 is 1.96 bits per heavy atom. The Morgan fingerprint density at radius 1 is 1.21 bits per heavy atom. The van der Waals surface area contributed by atoms with E-state index in [1.807, 2.05) is 50.1 Å². The zero-order valence-electron chi connectivity index (χ0n) is 17.2. The van der Waals surface area contributed by atoms with Gasteiger partial charge < -0.3 is 14.4 Å². The van der Waals surface area contributed by atoms with E-state index >= 15 is 0 Å². The maximum atomic E-state index is 12.4. The minimum atomic E-state index is -0.272. The van der Waals surface area contributed by atoms with Crippen molar-refractivity contribution < 1.29 is 9.47 Å². The molecule has 0 atom stereocenters. The molecule has 154 valence electrons. The molecule has 6 nitrogen and oxygen atoms in total. The Kier molecular flexibility index (Phi) is 8.80. The van der Waals surface area contributed by atoms with Crippen molar-refractivity contribution in [2.45, 2.75) is 45.7 Å². The van der Waals surface area contributed by atoms with E-state index in [1.54, 1.807) is 13.3 Å². The number of halogens is 1. The first kappa shape index (κ1) is 22.2. The Hall–Kier alpha value is -2.05. The Morgan fingerprint density at radius 3 is 2.68 bits per heavy atom. The second-order valence-electron chi connectivity index (χ2n) is 7.09. The molecule has 0 saturated heterocycles. The molecule has 0 unspecified atom stereocenters. The molecule has 0 spiro atoms. The highest BCUT2D eigenvalue weighted by Gasteiger charge is 2.14. The second kappa shape index (κ2) is 11.1. The van der Waals surface area contributed by atoms with Crippen LogP contribution in [0.1, 0.15) is 44.7 Å². The lowest BCUT2D eigenvalue weighted by atomic mass is 10.2. The average molecular weight is 408 g/mol. The normalized spacial score (nSPS) is 11.1. The van der Waals surface area contributed by atoms with Gasteiger partial charge in [0.15, 0.2) is 0 Å². The second-order valence-corrected chi connectivity index (χ2v) is 7.47. The third-order valence-corrected chi connectivity index (χ3v) is 4.76. The SMILES string of the molecule is COCCCCCOc1cccc(CN(C)c2cnn(C(C)C)c(=O)c2Cl)c1. The summed E-state index contributed by atoms with van der Waals surface area (Å²) < 4.78 is 12.3. The number of unbranched alkanes of at least 4 members (excludes halogenated alkanes) is 2. The summed E-state index contributed by atoms with van der Waals surface area (Å²) in [5.41, 5.74) is 1.42. The predicted molar refractivity (Wildman–Crippen MR) is 114 cm³/mol. The fraction of sp³-hybridized carbons (Fsp3) is 0.524. The van der Waals surface area contributed by atoms with E-state index in [2.05, 4.69) is 5.10 Å². The highest BCUT2D eigenvalue weighted by molar-refractivity contribution is 6.33. The van der Waals surface area contributed by atoms with Crippen LogP contribution in [-0.4, -0.2) is 37.2 Å². The molecule has 0 saturated carbocycles. The van der Waals surface area contributed by atoms with Crippen molar-refractivity contribution >= 4 is 17.3 Å². The van der Waals surface area contributed by atoms with Gasteiger partial charge in [-0.3, -0.25) is 4.79 Å². The number of hydrogen-bond donors (Lipinski definition) is 0. The molecule has 1 heterocycles. The number of nitrogens with zero attached hydrogens (tertiary/aromatic N) is 3. The molecular formula is C21H30ClN3O3. The van der Waals surface area contributed by atoms with Crippen LogP contribution in [0.5, 0.6) is 5.75 Å². The monoisotopic (exact) mass is 407 g/mol. The van der Waals surface area contributed by atoms with E-state index in [0.717, 1.165) is 37.2 Å². The zero-order chi connectivity index (χ0) is 20.5. The number of benzene rings is 1. The lowest BCUT2D eigenvalue weighted by Crippen LogP contribution is -2.28. The number of ether oxygens (including phenoxy) is 2. The van der Waals surface area contributed by atoms with E-state index in [-0.39, 0.29) is 16.6 Å². The number of anilines is 1. The summed E-state index contributed by atoms with van der Waals surface area (Å²) in [6.45, 7) is 5.87. The molecule has 0 aliphatic carbocycles. The summed E-state index contributed by atoms with van der Waals surface area (Å²) in [6, 6.07) is 7.94. The fourth-order valence-corrected chi connectivity index (χ4v) is 3.16. The highest BCUT2D eigenvalue weighted by Crippen LogP contribution is 2.23. The van der Waals surface area contributed by atoms with Crippen molar-refractivity contribution in [3.8, 4) is 5.75 Å². The van der Waals surface area contributed by atoms with Crippen LogP contribution in [-0.2, 0) is 11.3 Å². The Bertz CT molecular complexity index is 808. The summed E-state index contributed by atoms with van der Waals surface area (Å²) >= 11 is 6.31. The van der Waals surface area contributed by atoms with Gasteiger partial charge in [-0.1, -0.05) is 23.7 Å². The average Bonchev–Trinajstić information content (AvgIpc) is 2.66. The van der Waals surface area contributed by atoms with E-state index in [4.69, 9.17) is 21.1 Å². The third kappa shape index (κ3) is 6.24. The van der Waals surface area contributed by atoms with Gasteiger partial charge in [-0.15, -0.1) is 0 Å². The molecule has 0 radical (unpaired) electrons. The molecule has 1 aromatic heterocycles. The molecule has 0 aliphatic heterocycles. The van der Waals surface area contributed by atoms with Crippen molar-refractivity contribution in [1.29, 1.82) is 0 Å². The standard InChI is InChI=1S/C21H30ClN3O3/c1-16(2)25-21(26)20(22)19(14-23-25)24(3)15-17-9-8-10-18(13-17)28-12-7-5-6-11-27-4/h8-10,13-14,16H,5-7,11-12,15H2,1-4H3. The van der Waals surface area contributed by atoms with Crippen LogP contribution in [0.4, 0.5) is 5.69 Å². The van der Waals surface area contributed by atoms with Gasteiger partial charge in [-0.2, -0.15) is 5.10 Å². The van der Waals surface area contributed by atoms with Crippen molar-refractivity contribution in [3.63, 3.8) is 0 Å². The molecule has 2 aromatic rings. The topological polar surface area (TPSA) is 56.6 Å². The molecular weight excluding hydrogens is 378 g/mol. The first-order chi connectivity index (χ1) is 13.4. The summed E-state index contributed by atoms with van der Waals surface area (Å²) in [6.07, 6.45) is 4.78. The lowest BCUT2D eigenvalue weighted by Gasteiger charge is -2.21. The molecule has 7 heteroatoms. The largest absolute Gasteiger partial charge is 0.494 e. The number of methoxy groups -OCH3 is 1. The van der Waals surface area contributed by atoms with Crippen molar-refractivity contribution in [2.75, 3.05) is 32.3 Å². The summed E-state index contributed by atoms with van der Waals surface area (Å²) in [4.78, 5) is 14.3. The number of rotatable bonds is 11.